The molecule has 0 saturated carbocycles. The first-order valence-corrected chi connectivity index (χ1v) is 4.69. The Bertz CT molecular complexity index is 520. The standard InChI is InChI=1S/C12H13N3/c13-11(12(14)15)10-7-3-5-8-4-1-2-6-9(8)10/h1-7H,13-15H2. The fourth-order valence-corrected chi connectivity index (χ4v) is 1.62. The molecule has 0 heterocycles. The third-order valence-electron chi connectivity index (χ3n) is 2.39. The molecule has 15 heavy (non-hydrogen) atoms. The van der Waals surface area contributed by atoms with Crippen molar-refractivity contribution < 1.29 is 0 Å². The van der Waals surface area contributed by atoms with Gasteiger partial charge >= 0.3 is 0 Å². The number of hydrogen-bond acceptors (Lipinski definition) is 3. The summed E-state index contributed by atoms with van der Waals surface area (Å²) in [7, 11) is 0. The molecular weight excluding hydrogens is 186 g/mol. The molecule has 3 nitrogen and oxygen atoms in total. The van der Waals surface area contributed by atoms with E-state index in [1.807, 2.05) is 42.5 Å². The summed E-state index contributed by atoms with van der Waals surface area (Å²) in [6, 6.07) is 13.9. The molecule has 0 aliphatic rings. The van der Waals surface area contributed by atoms with Crippen molar-refractivity contribution in [2.45, 2.75) is 0 Å². The third-order valence-corrected chi connectivity index (χ3v) is 2.39. The van der Waals surface area contributed by atoms with Gasteiger partial charge in [0.2, 0.25) is 0 Å². The predicted molar refractivity (Wildman–Crippen MR) is 63.4 cm³/mol. The van der Waals surface area contributed by atoms with Gasteiger partial charge in [0, 0.05) is 5.56 Å². The molecule has 0 aliphatic carbocycles. The van der Waals surface area contributed by atoms with Gasteiger partial charge in [-0.2, -0.15) is 0 Å². The molecule has 0 amide bonds. The van der Waals surface area contributed by atoms with Crippen LogP contribution in [0.4, 0.5) is 0 Å². The number of benzene rings is 2. The smallest absolute Gasteiger partial charge is 0.118 e. The first-order valence-electron chi connectivity index (χ1n) is 4.69. The molecule has 0 unspecified atom stereocenters. The molecule has 0 fully saturated rings. The second kappa shape index (κ2) is 3.53. The molecule has 0 bridgehead atoms. The zero-order valence-corrected chi connectivity index (χ0v) is 8.27. The van der Waals surface area contributed by atoms with E-state index in [2.05, 4.69) is 0 Å². The number of fused-ring (bicyclic) bond motifs is 1. The minimum absolute atomic E-state index is 0.159. The lowest BCUT2D eigenvalue weighted by Gasteiger charge is -2.07. The SMILES string of the molecule is NC(N)=C(N)c1cccc2ccccc12. The topological polar surface area (TPSA) is 78.1 Å². The quantitative estimate of drug-likeness (QED) is 0.648. The molecule has 6 N–H and O–H groups in total. The Balaban J connectivity index is 2.77. The van der Waals surface area contributed by atoms with Gasteiger partial charge in [0.1, 0.15) is 5.82 Å². The van der Waals surface area contributed by atoms with E-state index in [0.717, 1.165) is 16.3 Å². The normalized spacial score (nSPS) is 10.1. The summed E-state index contributed by atoms with van der Waals surface area (Å²) in [5.74, 6) is 0.159. The molecule has 0 atom stereocenters. The van der Waals surface area contributed by atoms with Gasteiger partial charge < -0.3 is 17.2 Å². The predicted octanol–water partition coefficient (Wildman–Crippen LogP) is 1.34. The second-order valence-corrected chi connectivity index (χ2v) is 3.40. The van der Waals surface area contributed by atoms with Crippen molar-refractivity contribution in [2.24, 2.45) is 17.2 Å². The van der Waals surface area contributed by atoms with Crippen LogP contribution in [0.5, 0.6) is 0 Å². The lowest BCUT2D eigenvalue weighted by atomic mass is 10.0. The Kier molecular flexibility index (Phi) is 2.21. The van der Waals surface area contributed by atoms with Crippen molar-refractivity contribution in [3.63, 3.8) is 0 Å². The van der Waals surface area contributed by atoms with Gasteiger partial charge in [0.05, 0.1) is 5.70 Å². The number of rotatable bonds is 1. The van der Waals surface area contributed by atoms with Crippen molar-refractivity contribution in [3.8, 4) is 0 Å². The lowest BCUT2D eigenvalue weighted by molar-refractivity contribution is 1.23. The minimum Gasteiger partial charge on any atom is -0.395 e. The van der Waals surface area contributed by atoms with Crippen LogP contribution < -0.4 is 17.2 Å². The van der Waals surface area contributed by atoms with Crippen LogP contribution in [0, 0.1) is 0 Å². The molecule has 0 aliphatic heterocycles. The largest absolute Gasteiger partial charge is 0.395 e. The van der Waals surface area contributed by atoms with Crippen LogP contribution in [-0.2, 0) is 0 Å². The molecule has 0 saturated heterocycles. The minimum atomic E-state index is 0.159. The van der Waals surface area contributed by atoms with Crippen molar-refractivity contribution in [2.75, 3.05) is 0 Å². The monoisotopic (exact) mass is 199 g/mol. The summed E-state index contributed by atoms with van der Waals surface area (Å²) in [6.07, 6.45) is 0. The highest BCUT2D eigenvalue weighted by Gasteiger charge is 2.04. The Morgan fingerprint density at radius 2 is 1.47 bits per heavy atom. The maximum atomic E-state index is 5.83. The van der Waals surface area contributed by atoms with Gasteiger partial charge in [0.15, 0.2) is 0 Å². The first kappa shape index (κ1) is 9.40. The van der Waals surface area contributed by atoms with Gasteiger partial charge in [-0.15, -0.1) is 0 Å². The molecule has 0 spiro atoms. The van der Waals surface area contributed by atoms with Crippen molar-refractivity contribution >= 4 is 16.5 Å². The van der Waals surface area contributed by atoms with Gasteiger partial charge in [-0.3, -0.25) is 0 Å². The maximum absolute atomic E-state index is 5.83. The molecule has 0 radical (unpaired) electrons. The maximum Gasteiger partial charge on any atom is 0.118 e. The molecular formula is C12H13N3. The summed E-state index contributed by atoms with van der Waals surface area (Å²) in [6.45, 7) is 0. The zero-order valence-electron chi connectivity index (χ0n) is 8.27. The summed E-state index contributed by atoms with van der Waals surface area (Å²) in [5, 5.41) is 2.19. The summed E-state index contributed by atoms with van der Waals surface area (Å²) >= 11 is 0. The Morgan fingerprint density at radius 3 is 2.20 bits per heavy atom. The van der Waals surface area contributed by atoms with Crippen LogP contribution in [-0.4, -0.2) is 0 Å². The van der Waals surface area contributed by atoms with Crippen LogP contribution in [0.15, 0.2) is 48.3 Å². The van der Waals surface area contributed by atoms with Crippen molar-refractivity contribution in [1.82, 2.24) is 0 Å². The van der Waals surface area contributed by atoms with Crippen LogP contribution in [0.1, 0.15) is 5.56 Å². The average Bonchev–Trinajstić information content (AvgIpc) is 2.27. The van der Waals surface area contributed by atoms with E-state index >= 15 is 0 Å². The second-order valence-electron chi connectivity index (χ2n) is 3.40. The molecule has 3 heteroatoms. The Labute approximate surface area is 88.2 Å². The molecule has 2 aromatic rings. The van der Waals surface area contributed by atoms with E-state index in [0.29, 0.717) is 5.70 Å². The van der Waals surface area contributed by atoms with Crippen molar-refractivity contribution in [3.05, 3.63) is 53.8 Å². The van der Waals surface area contributed by atoms with E-state index in [4.69, 9.17) is 17.2 Å². The first-order chi connectivity index (χ1) is 7.20. The highest BCUT2D eigenvalue weighted by Crippen LogP contribution is 2.22. The van der Waals surface area contributed by atoms with Crippen LogP contribution in [0.25, 0.3) is 16.5 Å². The average molecular weight is 199 g/mol. The third kappa shape index (κ3) is 1.59. The van der Waals surface area contributed by atoms with E-state index in [9.17, 15) is 0 Å². The highest BCUT2D eigenvalue weighted by molar-refractivity contribution is 5.93. The van der Waals surface area contributed by atoms with Gasteiger partial charge in [-0.1, -0.05) is 42.5 Å². The highest BCUT2D eigenvalue weighted by atomic mass is 14.8. The summed E-state index contributed by atoms with van der Waals surface area (Å²) in [4.78, 5) is 0. The number of nitrogens with two attached hydrogens (primary N) is 3. The fraction of sp³-hybridized carbons (Fsp3) is 0. The van der Waals surface area contributed by atoms with E-state index in [-0.39, 0.29) is 5.82 Å². The van der Waals surface area contributed by atoms with Gasteiger partial charge in [-0.05, 0) is 10.8 Å². The van der Waals surface area contributed by atoms with Crippen molar-refractivity contribution in [1.29, 1.82) is 0 Å². The summed E-state index contributed by atoms with van der Waals surface area (Å²) < 4.78 is 0. The lowest BCUT2D eigenvalue weighted by Crippen LogP contribution is -2.16. The van der Waals surface area contributed by atoms with E-state index < -0.39 is 0 Å². The Hall–Kier alpha value is -2.16. The summed E-state index contributed by atoms with van der Waals surface area (Å²) in [5.41, 5.74) is 18.1. The van der Waals surface area contributed by atoms with Crippen LogP contribution in [0.2, 0.25) is 0 Å². The molecule has 76 valence electrons. The van der Waals surface area contributed by atoms with Gasteiger partial charge in [0.25, 0.3) is 0 Å². The van der Waals surface area contributed by atoms with Crippen LogP contribution in [0.3, 0.4) is 0 Å². The van der Waals surface area contributed by atoms with Crippen LogP contribution >= 0.6 is 0 Å². The molecule has 2 aromatic carbocycles. The van der Waals surface area contributed by atoms with E-state index in [1.165, 1.54) is 0 Å². The molecule has 0 aromatic heterocycles. The number of hydrogen-bond donors (Lipinski definition) is 3. The molecule has 2 rings (SSSR count). The van der Waals surface area contributed by atoms with Gasteiger partial charge in [-0.25, -0.2) is 0 Å². The van der Waals surface area contributed by atoms with E-state index in [1.54, 1.807) is 0 Å². The zero-order chi connectivity index (χ0) is 10.8. The Morgan fingerprint density at radius 1 is 0.800 bits per heavy atom. The fourth-order valence-electron chi connectivity index (χ4n) is 1.62.